The molecule has 1 N–H and O–H groups in total. The quantitative estimate of drug-likeness (QED) is 0.391. The van der Waals surface area contributed by atoms with E-state index in [1.54, 1.807) is 0 Å². The molecule has 0 aromatic heterocycles. The van der Waals surface area contributed by atoms with Gasteiger partial charge in [0.15, 0.2) is 0 Å². The zero-order valence-electron chi connectivity index (χ0n) is 14.8. The summed E-state index contributed by atoms with van der Waals surface area (Å²) in [6, 6.07) is 0. The van der Waals surface area contributed by atoms with E-state index in [-0.39, 0.29) is 11.6 Å². The summed E-state index contributed by atoms with van der Waals surface area (Å²) in [7, 11) is 0. The van der Waals surface area contributed by atoms with Crippen LogP contribution in [0.5, 0.6) is 0 Å². The van der Waals surface area contributed by atoms with Gasteiger partial charge in [-0.15, -0.1) is 0 Å². The maximum absolute atomic E-state index is 11.5. The number of esters is 1. The van der Waals surface area contributed by atoms with Gasteiger partial charge in [0.2, 0.25) is 0 Å². The van der Waals surface area contributed by atoms with Gasteiger partial charge in [-0.25, -0.2) is 0 Å². The number of rotatable bonds is 13. The van der Waals surface area contributed by atoms with E-state index in [0.717, 1.165) is 13.0 Å². The molecule has 0 rings (SSSR count). The molecule has 0 heterocycles. The number of carbonyl (C=O) groups is 1. The molecule has 21 heavy (non-hydrogen) atoms. The van der Waals surface area contributed by atoms with Gasteiger partial charge >= 0.3 is 5.97 Å². The highest BCUT2D eigenvalue weighted by Crippen LogP contribution is 2.10. The van der Waals surface area contributed by atoms with Gasteiger partial charge in [0.1, 0.15) is 5.60 Å². The number of ether oxygens (including phenoxy) is 1. The van der Waals surface area contributed by atoms with Crippen molar-refractivity contribution in [1.29, 1.82) is 0 Å². The molecular weight excluding hydrogens is 262 g/mol. The topological polar surface area (TPSA) is 38.3 Å². The van der Waals surface area contributed by atoms with Crippen LogP contribution in [-0.4, -0.2) is 24.7 Å². The highest BCUT2D eigenvalue weighted by atomic mass is 16.6. The smallest absolute Gasteiger partial charge is 0.320 e. The Bertz CT molecular complexity index is 246. The molecule has 0 aliphatic carbocycles. The lowest BCUT2D eigenvalue weighted by molar-refractivity contribution is -0.153. The Morgan fingerprint density at radius 1 is 0.857 bits per heavy atom. The zero-order valence-corrected chi connectivity index (χ0v) is 14.8. The zero-order chi connectivity index (χ0) is 16.0. The van der Waals surface area contributed by atoms with E-state index in [2.05, 4.69) is 12.2 Å². The molecule has 0 aliphatic heterocycles. The van der Waals surface area contributed by atoms with Gasteiger partial charge in [-0.2, -0.15) is 0 Å². The second-order valence-corrected chi connectivity index (χ2v) is 6.95. The third-order valence-corrected chi connectivity index (χ3v) is 3.40. The normalized spacial score (nSPS) is 11.6. The summed E-state index contributed by atoms with van der Waals surface area (Å²) in [6.45, 7) is 9.19. The van der Waals surface area contributed by atoms with Gasteiger partial charge in [-0.1, -0.05) is 64.7 Å². The van der Waals surface area contributed by atoms with E-state index < -0.39 is 0 Å². The monoisotopic (exact) mass is 299 g/mol. The van der Waals surface area contributed by atoms with Crippen molar-refractivity contribution >= 4 is 5.97 Å². The largest absolute Gasteiger partial charge is 0.459 e. The Hall–Kier alpha value is -0.570. The van der Waals surface area contributed by atoms with E-state index in [4.69, 9.17) is 4.74 Å². The van der Waals surface area contributed by atoms with E-state index in [0.29, 0.717) is 6.54 Å². The summed E-state index contributed by atoms with van der Waals surface area (Å²) >= 11 is 0. The number of hydrogen-bond donors (Lipinski definition) is 1. The summed E-state index contributed by atoms with van der Waals surface area (Å²) in [5.74, 6) is -0.158. The lowest BCUT2D eigenvalue weighted by Gasteiger charge is -2.19. The minimum absolute atomic E-state index is 0.158. The summed E-state index contributed by atoms with van der Waals surface area (Å²) in [6.07, 6.45) is 13.4. The number of unbranched alkanes of at least 4 members (excludes halogenated alkanes) is 9. The Kier molecular flexibility index (Phi) is 12.8. The average molecular weight is 299 g/mol. The Morgan fingerprint density at radius 3 is 1.81 bits per heavy atom. The van der Waals surface area contributed by atoms with E-state index >= 15 is 0 Å². The SMILES string of the molecule is CCCCCCCCCCCCNCC(=O)OC(C)(C)C. The Morgan fingerprint density at radius 2 is 1.33 bits per heavy atom. The van der Waals surface area contributed by atoms with Crippen LogP contribution in [0, 0.1) is 0 Å². The second kappa shape index (κ2) is 13.1. The van der Waals surface area contributed by atoms with Crippen molar-refractivity contribution in [3.05, 3.63) is 0 Å². The van der Waals surface area contributed by atoms with E-state index in [9.17, 15) is 4.79 Å². The molecule has 0 spiro atoms. The molecule has 126 valence electrons. The van der Waals surface area contributed by atoms with Crippen LogP contribution >= 0.6 is 0 Å². The fourth-order valence-corrected chi connectivity index (χ4v) is 2.31. The van der Waals surface area contributed by atoms with Crippen molar-refractivity contribution in [1.82, 2.24) is 5.32 Å². The summed E-state index contributed by atoms with van der Waals surface area (Å²) in [5, 5.41) is 3.16. The van der Waals surface area contributed by atoms with Crippen LogP contribution in [0.2, 0.25) is 0 Å². The molecule has 0 aliphatic rings. The first-order valence-electron chi connectivity index (χ1n) is 8.88. The van der Waals surface area contributed by atoms with Gasteiger partial charge in [-0.05, 0) is 33.7 Å². The van der Waals surface area contributed by atoms with E-state index in [1.165, 1.54) is 57.8 Å². The maximum Gasteiger partial charge on any atom is 0.320 e. The van der Waals surface area contributed by atoms with Crippen LogP contribution in [0.25, 0.3) is 0 Å². The van der Waals surface area contributed by atoms with Crippen molar-refractivity contribution in [3.8, 4) is 0 Å². The van der Waals surface area contributed by atoms with Crippen molar-refractivity contribution in [3.63, 3.8) is 0 Å². The molecule has 0 saturated carbocycles. The molecule has 0 saturated heterocycles. The van der Waals surface area contributed by atoms with Crippen LogP contribution in [0.3, 0.4) is 0 Å². The van der Waals surface area contributed by atoms with Crippen LogP contribution in [-0.2, 0) is 9.53 Å². The highest BCUT2D eigenvalue weighted by Gasteiger charge is 2.15. The summed E-state index contributed by atoms with van der Waals surface area (Å²) < 4.78 is 5.24. The molecule has 0 atom stereocenters. The molecule has 0 unspecified atom stereocenters. The first-order chi connectivity index (χ1) is 9.95. The fourth-order valence-electron chi connectivity index (χ4n) is 2.31. The van der Waals surface area contributed by atoms with Gasteiger partial charge < -0.3 is 10.1 Å². The molecular formula is C18H37NO2. The van der Waals surface area contributed by atoms with Crippen molar-refractivity contribution in [2.45, 2.75) is 97.5 Å². The number of carbonyl (C=O) groups excluding carboxylic acids is 1. The molecule has 0 fully saturated rings. The first-order valence-corrected chi connectivity index (χ1v) is 8.88. The van der Waals surface area contributed by atoms with Crippen molar-refractivity contribution in [2.75, 3.05) is 13.1 Å². The number of nitrogens with one attached hydrogen (secondary N) is 1. The maximum atomic E-state index is 11.5. The Balaban J connectivity index is 3.17. The third kappa shape index (κ3) is 17.4. The minimum atomic E-state index is -0.379. The average Bonchev–Trinajstić information content (AvgIpc) is 2.38. The molecule has 0 aromatic carbocycles. The summed E-state index contributed by atoms with van der Waals surface area (Å²) in [4.78, 5) is 11.5. The van der Waals surface area contributed by atoms with Crippen molar-refractivity contribution < 1.29 is 9.53 Å². The molecule has 0 amide bonds. The van der Waals surface area contributed by atoms with Crippen LogP contribution in [0.4, 0.5) is 0 Å². The van der Waals surface area contributed by atoms with Gasteiger partial charge in [0.05, 0.1) is 6.54 Å². The minimum Gasteiger partial charge on any atom is -0.459 e. The summed E-state index contributed by atoms with van der Waals surface area (Å²) in [5.41, 5.74) is -0.379. The lowest BCUT2D eigenvalue weighted by Crippen LogP contribution is -2.31. The van der Waals surface area contributed by atoms with Crippen LogP contribution < -0.4 is 5.32 Å². The van der Waals surface area contributed by atoms with E-state index in [1.807, 2.05) is 20.8 Å². The fraction of sp³-hybridized carbons (Fsp3) is 0.944. The standard InChI is InChI=1S/C18H37NO2/c1-5-6-7-8-9-10-11-12-13-14-15-19-16-17(20)21-18(2,3)4/h19H,5-16H2,1-4H3. The predicted molar refractivity (Wildman–Crippen MR) is 90.6 cm³/mol. The van der Waals surface area contributed by atoms with Crippen LogP contribution in [0.1, 0.15) is 91.9 Å². The van der Waals surface area contributed by atoms with Crippen LogP contribution in [0.15, 0.2) is 0 Å². The van der Waals surface area contributed by atoms with Crippen molar-refractivity contribution in [2.24, 2.45) is 0 Å². The molecule has 0 radical (unpaired) electrons. The first kappa shape index (κ1) is 20.4. The van der Waals surface area contributed by atoms with Gasteiger partial charge in [-0.3, -0.25) is 4.79 Å². The predicted octanol–water partition coefficient (Wildman–Crippen LogP) is 4.84. The Labute approximate surface area is 132 Å². The lowest BCUT2D eigenvalue weighted by atomic mass is 10.1. The van der Waals surface area contributed by atoms with Gasteiger partial charge in [0.25, 0.3) is 0 Å². The second-order valence-electron chi connectivity index (χ2n) is 6.95. The third-order valence-electron chi connectivity index (χ3n) is 3.40. The molecule has 3 heteroatoms. The highest BCUT2D eigenvalue weighted by molar-refractivity contribution is 5.72. The molecule has 3 nitrogen and oxygen atoms in total. The number of hydrogen-bond acceptors (Lipinski definition) is 3. The molecule has 0 aromatic rings. The molecule has 0 bridgehead atoms. The van der Waals surface area contributed by atoms with Gasteiger partial charge in [0, 0.05) is 0 Å².